The molecule has 0 bridgehead atoms. The first-order chi connectivity index (χ1) is 5.97. The fourth-order valence-corrected chi connectivity index (χ4v) is 1.19. The van der Waals surface area contributed by atoms with Crippen molar-refractivity contribution in [2.75, 3.05) is 0 Å². The smallest absolute Gasteiger partial charge is 0 e. The van der Waals surface area contributed by atoms with Crippen LogP contribution in [0.4, 0.5) is 0 Å². The molecular formula is C12H9Pd-. The summed E-state index contributed by atoms with van der Waals surface area (Å²) in [5, 5.41) is 0. The van der Waals surface area contributed by atoms with Gasteiger partial charge in [0, 0.05) is 20.4 Å². The third-order valence-electron chi connectivity index (χ3n) is 1.79. The van der Waals surface area contributed by atoms with E-state index < -0.39 is 0 Å². The summed E-state index contributed by atoms with van der Waals surface area (Å²) < 4.78 is 0. The van der Waals surface area contributed by atoms with Gasteiger partial charge in [-0.15, -0.1) is 35.9 Å². The van der Waals surface area contributed by atoms with Gasteiger partial charge in [0.25, 0.3) is 0 Å². The molecule has 13 heavy (non-hydrogen) atoms. The molecule has 0 aliphatic heterocycles. The van der Waals surface area contributed by atoms with Crippen LogP contribution in [-0.2, 0) is 20.4 Å². The number of rotatable bonds is 1. The molecule has 0 heterocycles. The molecule has 2 aromatic rings. The van der Waals surface area contributed by atoms with Crippen LogP contribution >= 0.6 is 0 Å². The van der Waals surface area contributed by atoms with Crippen LogP contribution in [0, 0.1) is 6.07 Å². The van der Waals surface area contributed by atoms with Crippen LogP contribution in [0.1, 0.15) is 0 Å². The molecule has 2 aromatic carbocycles. The largest absolute Gasteiger partial charge is 0.147 e. The van der Waals surface area contributed by atoms with Crippen molar-refractivity contribution >= 4 is 0 Å². The third-order valence-corrected chi connectivity index (χ3v) is 1.79. The minimum absolute atomic E-state index is 0. The molecule has 0 amide bonds. The van der Waals surface area contributed by atoms with E-state index in [0.29, 0.717) is 0 Å². The van der Waals surface area contributed by atoms with Crippen molar-refractivity contribution in [2.45, 2.75) is 0 Å². The molecule has 0 aromatic heterocycles. The van der Waals surface area contributed by atoms with Crippen LogP contribution in [-0.4, -0.2) is 0 Å². The van der Waals surface area contributed by atoms with E-state index in [1.54, 1.807) is 0 Å². The van der Waals surface area contributed by atoms with Crippen molar-refractivity contribution < 1.29 is 20.4 Å². The van der Waals surface area contributed by atoms with Gasteiger partial charge in [0.2, 0.25) is 0 Å². The van der Waals surface area contributed by atoms with Crippen molar-refractivity contribution in [2.24, 2.45) is 0 Å². The Balaban J connectivity index is 0.000000845. The summed E-state index contributed by atoms with van der Waals surface area (Å²) in [7, 11) is 0. The van der Waals surface area contributed by atoms with Gasteiger partial charge in [0.15, 0.2) is 0 Å². The predicted octanol–water partition coefficient (Wildman–Crippen LogP) is 3.15. The van der Waals surface area contributed by atoms with Gasteiger partial charge in [-0.2, -0.15) is 0 Å². The van der Waals surface area contributed by atoms with E-state index in [4.69, 9.17) is 0 Å². The molecular weight excluding hydrogens is 251 g/mol. The summed E-state index contributed by atoms with van der Waals surface area (Å²) >= 11 is 0. The maximum absolute atomic E-state index is 3.18. The zero-order valence-electron chi connectivity index (χ0n) is 7.01. The molecule has 0 saturated carbocycles. The summed E-state index contributed by atoms with van der Waals surface area (Å²) in [6, 6.07) is 21.5. The normalized spacial score (nSPS) is 8.92. The van der Waals surface area contributed by atoms with Crippen LogP contribution in [0.5, 0.6) is 0 Å². The van der Waals surface area contributed by atoms with Crippen LogP contribution in [0.25, 0.3) is 11.1 Å². The Kier molecular flexibility index (Phi) is 3.89. The van der Waals surface area contributed by atoms with Crippen molar-refractivity contribution in [3.8, 4) is 11.1 Å². The average Bonchev–Trinajstić information content (AvgIpc) is 2.21. The monoisotopic (exact) mass is 259 g/mol. The van der Waals surface area contributed by atoms with Gasteiger partial charge in [-0.3, -0.25) is 0 Å². The quantitative estimate of drug-likeness (QED) is 0.545. The second-order valence-corrected chi connectivity index (χ2v) is 2.64. The van der Waals surface area contributed by atoms with Crippen LogP contribution < -0.4 is 0 Å². The molecule has 0 nitrogen and oxygen atoms in total. The van der Waals surface area contributed by atoms with E-state index in [-0.39, 0.29) is 20.4 Å². The van der Waals surface area contributed by atoms with Crippen molar-refractivity contribution in [1.29, 1.82) is 0 Å². The minimum Gasteiger partial charge on any atom is -0.147 e. The molecule has 68 valence electrons. The molecule has 0 spiro atoms. The summed E-state index contributed by atoms with van der Waals surface area (Å²) in [5.41, 5.74) is 2.37. The average molecular weight is 260 g/mol. The molecule has 0 aliphatic rings. The molecule has 1 heteroatoms. The molecule has 0 aliphatic carbocycles. The standard InChI is InChI=1S/C12H9.Pd/c1-3-7-11(8-4-1)12-9-5-2-6-10-12;/h1-9H;/q-1;. The fourth-order valence-electron chi connectivity index (χ4n) is 1.19. The Morgan fingerprint density at radius 1 is 0.769 bits per heavy atom. The molecule has 0 saturated heterocycles. The minimum atomic E-state index is 0. The van der Waals surface area contributed by atoms with Crippen LogP contribution in [0.2, 0.25) is 0 Å². The van der Waals surface area contributed by atoms with Gasteiger partial charge < -0.3 is 0 Å². The molecule has 0 unspecified atom stereocenters. The number of benzene rings is 2. The second kappa shape index (κ2) is 4.97. The van der Waals surface area contributed by atoms with E-state index in [1.165, 1.54) is 5.56 Å². The fraction of sp³-hybridized carbons (Fsp3) is 0. The Hall–Kier alpha value is -0.898. The van der Waals surface area contributed by atoms with Crippen LogP contribution in [0.3, 0.4) is 0 Å². The first-order valence-electron chi connectivity index (χ1n) is 3.99. The Morgan fingerprint density at radius 3 is 2.08 bits per heavy atom. The SMILES string of the molecule is [Pd].[c-]1ccccc1-c1ccccc1. The van der Waals surface area contributed by atoms with E-state index >= 15 is 0 Å². The zero-order chi connectivity index (χ0) is 8.23. The Morgan fingerprint density at radius 2 is 1.46 bits per heavy atom. The first kappa shape index (κ1) is 10.2. The third kappa shape index (κ3) is 2.52. The predicted molar refractivity (Wildman–Crippen MR) is 50.7 cm³/mol. The van der Waals surface area contributed by atoms with Crippen molar-refractivity contribution in [1.82, 2.24) is 0 Å². The summed E-state index contributed by atoms with van der Waals surface area (Å²) in [5.74, 6) is 0. The molecule has 0 N–H and O–H groups in total. The van der Waals surface area contributed by atoms with Gasteiger partial charge in [0.05, 0.1) is 0 Å². The zero-order valence-corrected chi connectivity index (χ0v) is 8.57. The second-order valence-electron chi connectivity index (χ2n) is 2.64. The van der Waals surface area contributed by atoms with E-state index in [9.17, 15) is 0 Å². The number of hydrogen-bond acceptors (Lipinski definition) is 0. The van der Waals surface area contributed by atoms with E-state index in [2.05, 4.69) is 24.3 Å². The van der Waals surface area contributed by atoms with Gasteiger partial charge >= 0.3 is 0 Å². The topological polar surface area (TPSA) is 0 Å². The van der Waals surface area contributed by atoms with Gasteiger partial charge in [-0.05, 0) is 0 Å². The van der Waals surface area contributed by atoms with Gasteiger partial charge in [-0.25, -0.2) is 0 Å². The van der Waals surface area contributed by atoms with Gasteiger partial charge in [0.1, 0.15) is 0 Å². The molecule has 0 atom stereocenters. The summed E-state index contributed by atoms with van der Waals surface area (Å²) in [6.07, 6.45) is 0. The summed E-state index contributed by atoms with van der Waals surface area (Å²) in [4.78, 5) is 0. The molecule has 2 rings (SSSR count). The Labute approximate surface area is 92.3 Å². The summed E-state index contributed by atoms with van der Waals surface area (Å²) in [6.45, 7) is 0. The number of hydrogen-bond donors (Lipinski definition) is 0. The van der Waals surface area contributed by atoms with Gasteiger partial charge in [-0.1, -0.05) is 35.9 Å². The molecule has 0 radical (unpaired) electrons. The van der Waals surface area contributed by atoms with E-state index in [1.807, 2.05) is 36.4 Å². The first-order valence-corrected chi connectivity index (χ1v) is 3.99. The molecule has 0 fully saturated rings. The maximum atomic E-state index is 3.18. The Bertz CT molecular complexity index is 303. The van der Waals surface area contributed by atoms with Crippen molar-refractivity contribution in [3.05, 3.63) is 60.7 Å². The van der Waals surface area contributed by atoms with E-state index in [0.717, 1.165) is 5.56 Å². The van der Waals surface area contributed by atoms with Crippen LogP contribution in [0.15, 0.2) is 54.6 Å². The maximum Gasteiger partial charge on any atom is 0 e. The van der Waals surface area contributed by atoms with Crippen molar-refractivity contribution in [3.63, 3.8) is 0 Å².